The number of benzene rings is 2. The summed E-state index contributed by atoms with van der Waals surface area (Å²) in [6, 6.07) is 22.3. The molecule has 22 heavy (non-hydrogen) atoms. The normalized spacial score (nSPS) is 11.0. The first-order chi connectivity index (χ1) is 10.8. The van der Waals surface area contributed by atoms with Gasteiger partial charge in [-0.25, -0.2) is 4.98 Å². The lowest BCUT2D eigenvalue weighted by atomic mass is 10.0. The molecule has 106 valence electrons. The Labute approximate surface area is 133 Å². The van der Waals surface area contributed by atoms with Crippen LogP contribution >= 0.6 is 11.6 Å². The third kappa shape index (κ3) is 2.38. The molecule has 0 aliphatic heterocycles. The number of fused-ring (bicyclic) bond motifs is 1. The highest BCUT2D eigenvalue weighted by Crippen LogP contribution is 2.26. The van der Waals surface area contributed by atoms with Crippen molar-refractivity contribution >= 4 is 17.2 Å². The summed E-state index contributed by atoms with van der Waals surface area (Å²) in [5.41, 5.74) is 5.30. The van der Waals surface area contributed by atoms with Gasteiger partial charge in [-0.05, 0) is 35.4 Å². The molecule has 2 nitrogen and oxygen atoms in total. The molecule has 2 heterocycles. The molecule has 2 aromatic heterocycles. The van der Waals surface area contributed by atoms with Gasteiger partial charge in [-0.15, -0.1) is 0 Å². The van der Waals surface area contributed by atoms with E-state index >= 15 is 0 Å². The molecule has 3 heteroatoms. The highest BCUT2D eigenvalue weighted by molar-refractivity contribution is 6.30. The molecule has 0 bridgehead atoms. The Bertz CT molecular complexity index is 906. The molecule has 4 aromatic rings. The van der Waals surface area contributed by atoms with Gasteiger partial charge in [-0.2, -0.15) is 0 Å². The van der Waals surface area contributed by atoms with E-state index in [1.165, 1.54) is 0 Å². The summed E-state index contributed by atoms with van der Waals surface area (Å²) in [5.74, 6) is 0. The summed E-state index contributed by atoms with van der Waals surface area (Å²) in [6.45, 7) is 0. The van der Waals surface area contributed by atoms with E-state index in [1.807, 2.05) is 53.2 Å². The number of aromatic nitrogens is 2. The third-order valence-electron chi connectivity index (χ3n) is 3.70. The molecular formula is C19H13ClN2. The molecule has 0 saturated heterocycles. The highest BCUT2D eigenvalue weighted by Gasteiger charge is 2.05. The first-order valence-corrected chi connectivity index (χ1v) is 7.47. The standard InChI is InChI=1S/C19H13ClN2/c20-17-5-3-4-16(12-17)14-7-9-15(10-8-14)18-13-22-11-2-1-6-19(22)21-18/h1-13H. The van der Waals surface area contributed by atoms with Gasteiger partial charge in [0.15, 0.2) is 0 Å². The van der Waals surface area contributed by atoms with Crippen LogP contribution in [0.1, 0.15) is 0 Å². The molecule has 0 atom stereocenters. The van der Waals surface area contributed by atoms with Crippen LogP contribution in [0.25, 0.3) is 28.0 Å². The molecule has 0 spiro atoms. The molecule has 0 N–H and O–H groups in total. The van der Waals surface area contributed by atoms with E-state index in [9.17, 15) is 0 Å². The predicted molar refractivity (Wildman–Crippen MR) is 91.1 cm³/mol. The molecule has 0 unspecified atom stereocenters. The smallest absolute Gasteiger partial charge is 0.137 e. The molecule has 4 rings (SSSR count). The zero-order chi connectivity index (χ0) is 14.9. The van der Waals surface area contributed by atoms with Crippen molar-refractivity contribution in [3.05, 3.63) is 84.1 Å². The summed E-state index contributed by atoms with van der Waals surface area (Å²) in [6.07, 6.45) is 4.05. The average Bonchev–Trinajstić information content (AvgIpc) is 2.99. The van der Waals surface area contributed by atoms with Gasteiger partial charge in [0.2, 0.25) is 0 Å². The molecule has 0 saturated carbocycles. The minimum absolute atomic E-state index is 0.752. The van der Waals surface area contributed by atoms with Crippen LogP contribution in [0.2, 0.25) is 5.02 Å². The Morgan fingerprint density at radius 2 is 1.59 bits per heavy atom. The lowest BCUT2D eigenvalue weighted by Crippen LogP contribution is -1.80. The van der Waals surface area contributed by atoms with Gasteiger partial charge in [0.1, 0.15) is 5.65 Å². The van der Waals surface area contributed by atoms with Crippen LogP contribution in [0.15, 0.2) is 79.1 Å². The van der Waals surface area contributed by atoms with Gasteiger partial charge in [-0.3, -0.25) is 0 Å². The van der Waals surface area contributed by atoms with Crippen molar-refractivity contribution in [1.82, 2.24) is 9.38 Å². The van der Waals surface area contributed by atoms with Crippen LogP contribution < -0.4 is 0 Å². The minimum atomic E-state index is 0.752. The van der Waals surface area contributed by atoms with Crippen LogP contribution in [-0.2, 0) is 0 Å². The van der Waals surface area contributed by atoms with Crippen LogP contribution in [0.3, 0.4) is 0 Å². The van der Waals surface area contributed by atoms with Gasteiger partial charge in [0.05, 0.1) is 5.69 Å². The van der Waals surface area contributed by atoms with E-state index in [0.717, 1.165) is 33.1 Å². The Balaban J connectivity index is 1.72. The average molecular weight is 305 g/mol. The third-order valence-corrected chi connectivity index (χ3v) is 3.94. The maximum absolute atomic E-state index is 6.05. The number of rotatable bonds is 2. The summed E-state index contributed by atoms with van der Waals surface area (Å²) < 4.78 is 2.03. The molecule has 0 aliphatic rings. The monoisotopic (exact) mass is 304 g/mol. The second-order valence-corrected chi connectivity index (χ2v) is 5.62. The number of imidazole rings is 1. The predicted octanol–water partition coefficient (Wildman–Crippen LogP) is 5.32. The number of halogens is 1. The van der Waals surface area contributed by atoms with Gasteiger partial charge >= 0.3 is 0 Å². The second-order valence-electron chi connectivity index (χ2n) is 5.18. The van der Waals surface area contributed by atoms with Crippen molar-refractivity contribution < 1.29 is 0 Å². The summed E-state index contributed by atoms with van der Waals surface area (Å²) >= 11 is 6.05. The van der Waals surface area contributed by atoms with Crippen LogP contribution in [0.5, 0.6) is 0 Å². The SMILES string of the molecule is Clc1cccc(-c2ccc(-c3cn4ccccc4n3)cc2)c1. The van der Waals surface area contributed by atoms with E-state index in [1.54, 1.807) is 0 Å². The van der Waals surface area contributed by atoms with Crippen molar-refractivity contribution in [3.63, 3.8) is 0 Å². The zero-order valence-electron chi connectivity index (χ0n) is 11.8. The van der Waals surface area contributed by atoms with Crippen LogP contribution in [-0.4, -0.2) is 9.38 Å². The number of pyridine rings is 1. The van der Waals surface area contributed by atoms with Gasteiger partial charge < -0.3 is 4.40 Å². The largest absolute Gasteiger partial charge is 0.306 e. The first kappa shape index (κ1) is 13.1. The van der Waals surface area contributed by atoms with Crippen LogP contribution in [0, 0.1) is 0 Å². The fraction of sp³-hybridized carbons (Fsp3) is 0. The summed E-state index contributed by atoms with van der Waals surface area (Å²) in [7, 11) is 0. The molecular weight excluding hydrogens is 292 g/mol. The van der Waals surface area contributed by atoms with E-state index in [4.69, 9.17) is 11.6 Å². The van der Waals surface area contributed by atoms with E-state index in [-0.39, 0.29) is 0 Å². The van der Waals surface area contributed by atoms with Gasteiger partial charge in [-0.1, -0.05) is 54.1 Å². The number of hydrogen-bond acceptors (Lipinski definition) is 1. The maximum atomic E-state index is 6.05. The number of nitrogens with zero attached hydrogens (tertiary/aromatic N) is 2. The summed E-state index contributed by atoms with van der Waals surface area (Å²) in [4.78, 5) is 4.64. The topological polar surface area (TPSA) is 17.3 Å². The molecule has 0 fully saturated rings. The minimum Gasteiger partial charge on any atom is -0.306 e. The maximum Gasteiger partial charge on any atom is 0.137 e. The van der Waals surface area contributed by atoms with Crippen molar-refractivity contribution in [2.45, 2.75) is 0 Å². The Kier molecular flexibility index (Phi) is 3.17. The van der Waals surface area contributed by atoms with E-state index < -0.39 is 0 Å². The molecule has 0 aliphatic carbocycles. The van der Waals surface area contributed by atoms with Crippen LogP contribution in [0.4, 0.5) is 0 Å². The Morgan fingerprint density at radius 1 is 0.773 bits per heavy atom. The zero-order valence-corrected chi connectivity index (χ0v) is 12.5. The molecule has 2 aromatic carbocycles. The summed E-state index contributed by atoms with van der Waals surface area (Å²) in [5, 5.41) is 0.752. The number of hydrogen-bond donors (Lipinski definition) is 0. The second kappa shape index (κ2) is 5.32. The van der Waals surface area contributed by atoms with E-state index in [2.05, 4.69) is 35.3 Å². The molecule has 0 radical (unpaired) electrons. The Hall–Kier alpha value is -2.58. The first-order valence-electron chi connectivity index (χ1n) is 7.10. The fourth-order valence-corrected chi connectivity index (χ4v) is 2.77. The van der Waals surface area contributed by atoms with Gasteiger partial charge in [0.25, 0.3) is 0 Å². The Morgan fingerprint density at radius 3 is 2.36 bits per heavy atom. The lowest BCUT2D eigenvalue weighted by Gasteiger charge is -2.03. The lowest BCUT2D eigenvalue weighted by molar-refractivity contribution is 1.19. The quantitative estimate of drug-likeness (QED) is 0.490. The highest BCUT2D eigenvalue weighted by atomic mass is 35.5. The van der Waals surface area contributed by atoms with Gasteiger partial charge in [0, 0.05) is 23.0 Å². The van der Waals surface area contributed by atoms with Crippen molar-refractivity contribution in [2.24, 2.45) is 0 Å². The van der Waals surface area contributed by atoms with Crippen molar-refractivity contribution in [3.8, 4) is 22.4 Å². The van der Waals surface area contributed by atoms with Crippen molar-refractivity contribution in [2.75, 3.05) is 0 Å². The fourth-order valence-electron chi connectivity index (χ4n) is 2.58. The van der Waals surface area contributed by atoms with Crippen molar-refractivity contribution in [1.29, 1.82) is 0 Å². The van der Waals surface area contributed by atoms with E-state index in [0.29, 0.717) is 0 Å². The molecule has 0 amide bonds.